The third-order valence-corrected chi connectivity index (χ3v) is 3.68. The van der Waals surface area contributed by atoms with Gasteiger partial charge in [-0.05, 0) is 19.4 Å². The number of benzene rings is 1. The second-order valence-electron chi connectivity index (χ2n) is 4.99. The summed E-state index contributed by atoms with van der Waals surface area (Å²) in [4.78, 5) is 0. The molecule has 1 rings (SSSR count). The number of methoxy groups -OCH3 is 2. The molecule has 18 heavy (non-hydrogen) atoms. The van der Waals surface area contributed by atoms with E-state index in [1.165, 1.54) is 5.56 Å². The van der Waals surface area contributed by atoms with Gasteiger partial charge in [0, 0.05) is 23.1 Å². The van der Waals surface area contributed by atoms with Gasteiger partial charge in [0.15, 0.2) is 0 Å². The first-order valence-corrected chi connectivity index (χ1v) is 6.46. The molecule has 0 amide bonds. The second kappa shape index (κ2) is 6.10. The summed E-state index contributed by atoms with van der Waals surface area (Å²) < 4.78 is 10.9. The van der Waals surface area contributed by atoms with Crippen LogP contribution in [0.4, 0.5) is 0 Å². The first-order valence-electron chi connectivity index (χ1n) is 6.46. The van der Waals surface area contributed by atoms with Gasteiger partial charge >= 0.3 is 0 Å². The van der Waals surface area contributed by atoms with Crippen LogP contribution in [0, 0.1) is 6.92 Å². The molecular formula is C15H25NO2. The van der Waals surface area contributed by atoms with Crippen LogP contribution in [0.5, 0.6) is 11.5 Å². The SMILES string of the molecule is CCCC(C)(CN)c1ccc(OC)c(C)c1OC. The third kappa shape index (κ3) is 2.61. The molecule has 0 aliphatic carbocycles. The first kappa shape index (κ1) is 14.8. The highest BCUT2D eigenvalue weighted by molar-refractivity contribution is 5.52. The second-order valence-corrected chi connectivity index (χ2v) is 4.99. The molecule has 0 radical (unpaired) electrons. The first-order chi connectivity index (χ1) is 8.53. The van der Waals surface area contributed by atoms with Crippen LogP contribution in [0.2, 0.25) is 0 Å². The van der Waals surface area contributed by atoms with Crippen molar-refractivity contribution >= 4 is 0 Å². The normalized spacial score (nSPS) is 14.1. The summed E-state index contributed by atoms with van der Waals surface area (Å²) in [6.07, 6.45) is 2.15. The molecule has 1 aromatic carbocycles. The lowest BCUT2D eigenvalue weighted by Crippen LogP contribution is -2.32. The van der Waals surface area contributed by atoms with Crippen molar-refractivity contribution in [1.82, 2.24) is 0 Å². The minimum Gasteiger partial charge on any atom is -0.496 e. The maximum Gasteiger partial charge on any atom is 0.129 e. The van der Waals surface area contributed by atoms with Crippen molar-refractivity contribution in [3.63, 3.8) is 0 Å². The van der Waals surface area contributed by atoms with E-state index in [0.29, 0.717) is 6.54 Å². The van der Waals surface area contributed by atoms with Gasteiger partial charge < -0.3 is 15.2 Å². The third-order valence-electron chi connectivity index (χ3n) is 3.68. The van der Waals surface area contributed by atoms with Gasteiger partial charge in [-0.2, -0.15) is 0 Å². The van der Waals surface area contributed by atoms with Gasteiger partial charge in [-0.25, -0.2) is 0 Å². The molecule has 1 unspecified atom stereocenters. The van der Waals surface area contributed by atoms with Crippen LogP contribution in [0.3, 0.4) is 0 Å². The molecule has 0 fully saturated rings. The van der Waals surface area contributed by atoms with Crippen LogP contribution in [0.15, 0.2) is 12.1 Å². The molecule has 3 heteroatoms. The number of hydrogen-bond donors (Lipinski definition) is 1. The fraction of sp³-hybridized carbons (Fsp3) is 0.600. The summed E-state index contributed by atoms with van der Waals surface area (Å²) in [7, 11) is 3.38. The van der Waals surface area contributed by atoms with E-state index >= 15 is 0 Å². The summed E-state index contributed by atoms with van der Waals surface area (Å²) in [6.45, 7) is 7.00. The molecule has 2 N–H and O–H groups in total. The Balaban J connectivity index is 3.35. The standard InChI is InChI=1S/C15H25NO2/c1-6-9-15(3,10-16)12-7-8-13(17-4)11(2)14(12)18-5/h7-8H,6,9-10,16H2,1-5H3. The Hall–Kier alpha value is -1.22. The molecule has 0 aliphatic rings. The molecule has 0 heterocycles. The van der Waals surface area contributed by atoms with Gasteiger partial charge in [0.2, 0.25) is 0 Å². The topological polar surface area (TPSA) is 44.5 Å². The van der Waals surface area contributed by atoms with Crippen molar-refractivity contribution in [2.24, 2.45) is 5.73 Å². The lowest BCUT2D eigenvalue weighted by molar-refractivity contribution is 0.362. The van der Waals surface area contributed by atoms with Crippen molar-refractivity contribution in [3.05, 3.63) is 23.3 Å². The molecule has 3 nitrogen and oxygen atoms in total. The van der Waals surface area contributed by atoms with Crippen LogP contribution < -0.4 is 15.2 Å². The van der Waals surface area contributed by atoms with Crippen molar-refractivity contribution in [3.8, 4) is 11.5 Å². The van der Waals surface area contributed by atoms with E-state index in [4.69, 9.17) is 15.2 Å². The van der Waals surface area contributed by atoms with E-state index in [1.807, 2.05) is 13.0 Å². The maximum atomic E-state index is 5.98. The van der Waals surface area contributed by atoms with Crippen LogP contribution in [-0.2, 0) is 5.41 Å². The Morgan fingerprint density at radius 3 is 2.33 bits per heavy atom. The number of rotatable bonds is 6. The number of nitrogens with two attached hydrogens (primary N) is 1. The summed E-state index contributed by atoms with van der Waals surface area (Å²) in [5.41, 5.74) is 8.15. The molecule has 0 aromatic heterocycles. The van der Waals surface area contributed by atoms with E-state index in [2.05, 4.69) is 19.9 Å². The summed E-state index contributed by atoms with van der Waals surface area (Å²) in [5.74, 6) is 1.75. The lowest BCUT2D eigenvalue weighted by atomic mass is 9.77. The van der Waals surface area contributed by atoms with Gasteiger partial charge in [0.1, 0.15) is 11.5 Å². The summed E-state index contributed by atoms with van der Waals surface area (Å²) in [6, 6.07) is 4.07. The molecular weight excluding hydrogens is 226 g/mol. The van der Waals surface area contributed by atoms with Gasteiger partial charge in [0.25, 0.3) is 0 Å². The molecule has 0 spiro atoms. The molecule has 0 aliphatic heterocycles. The predicted molar refractivity (Wildman–Crippen MR) is 75.6 cm³/mol. The average molecular weight is 251 g/mol. The Labute approximate surface area is 110 Å². The largest absolute Gasteiger partial charge is 0.496 e. The van der Waals surface area contributed by atoms with Gasteiger partial charge in [0.05, 0.1) is 14.2 Å². The highest BCUT2D eigenvalue weighted by Crippen LogP contribution is 2.40. The van der Waals surface area contributed by atoms with E-state index in [0.717, 1.165) is 29.9 Å². The van der Waals surface area contributed by atoms with Crippen LogP contribution >= 0.6 is 0 Å². The van der Waals surface area contributed by atoms with Crippen LogP contribution in [0.25, 0.3) is 0 Å². The fourth-order valence-corrected chi connectivity index (χ4v) is 2.53. The minimum absolute atomic E-state index is 0.0445. The van der Waals surface area contributed by atoms with Crippen molar-refractivity contribution in [2.75, 3.05) is 20.8 Å². The van der Waals surface area contributed by atoms with Crippen molar-refractivity contribution in [2.45, 2.75) is 39.0 Å². The smallest absolute Gasteiger partial charge is 0.129 e. The number of ether oxygens (including phenoxy) is 2. The van der Waals surface area contributed by atoms with E-state index in [9.17, 15) is 0 Å². The fourth-order valence-electron chi connectivity index (χ4n) is 2.53. The van der Waals surface area contributed by atoms with Crippen molar-refractivity contribution in [1.29, 1.82) is 0 Å². The van der Waals surface area contributed by atoms with E-state index in [-0.39, 0.29) is 5.41 Å². The average Bonchev–Trinajstić information content (AvgIpc) is 2.38. The Kier molecular flexibility index (Phi) is 5.03. The summed E-state index contributed by atoms with van der Waals surface area (Å²) in [5, 5.41) is 0. The van der Waals surface area contributed by atoms with E-state index in [1.54, 1.807) is 14.2 Å². The molecule has 1 aromatic rings. The Morgan fingerprint density at radius 1 is 1.22 bits per heavy atom. The highest BCUT2D eigenvalue weighted by atomic mass is 16.5. The molecule has 1 atom stereocenters. The quantitative estimate of drug-likeness (QED) is 0.845. The zero-order valence-corrected chi connectivity index (χ0v) is 12.2. The highest BCUT2D eigenvalue weighted by Gasteiger charge is 2.29. The molecule has 0 bridgehead atoms. The van der Waals surface area contributed by atoms with Gasteiger partial charge in [-0.3, -0.25) is 0 Å². The maximum absolute atomic E-state index is 5.98. The molecule has 0 saturated heterocycles. The van der Waals surface area contributed by atoms with Crippen LogP contribution in [0.1, 0.15) is 37.8 Å². The van der Waals surface area contributed by atoms with Crippen molar-refractivity contribution < 1.29 is 9.47 Å². The van der Waals surface area contributed by atoms with Crippen LogP contribution in [-0.4, -0.2) is 20.8 Å². The molecule has 102 valence electrons. The van der Waals surface area contributed by atoms with Gasteiger partial charge in [-0.1, -0.05) is 26.3 Å². The zero-order valence-electron chi connectivity index (χ0n) is 12.2. The molecule has 0 saturated carbocycles. The minimum atomic E-state index is -0.0445. The monoisotopic (exact) mass is 251 g/mol. The van der Waals surface area contributed by atoms with Gasteiger partial charge in [-0.15, -0.1) is 0 Å². The summed E-state index contributed by atoms with van der Waals surface area (Å²) >= 11 is 0. The predicted octanol–water partition coefficient (Wildman–Crippen LogP) is 3.03. The lowest BCUT2D eigenvalue weighted by Gasteiger charge is -2.31. The Morgan fingerprint density at radius 2 is 1.89 bits per heavy atom. The van der Waals surface area contributed by atoms with E-state index < -0.39 is 0 Å². The zero-order chi connectivity index (χ0) is 13.8. The number of hydrogen-bond acceptors (Lipinski definition) is 3. The Bertz CT molecular complexity index is 404.